The molecule has 0 aromatic heterocycles. The molecule has 0 amide bonds. The summed E-state index contributed by atoms with van der Waals surface area (Å²) in [6.07, 6.45) is 2.38. The maximum absolute atomic E-state index is 5.48. The molecule has 0 radical (unpaired) electrons. The van der Waals surface area contributed by atoms with Crippen LogP contribution in [0.25, 0.3) is 0 Å². The summed E-state index contributed by atoms with van der Waals surface area (Å²) < 4.78 is 5.48. The molecule has 1 aliphatic carbocycles. The van der Waals surface area contributed by atoms with E-state index in [-0.39, 0.29) is 5.60 Å². The van der Waals surface area contributed by atoms with Gasteiger partial charge in [-0.2, -0.15) is 0 Å². The fraction of sp³-hybridized carbons (Fsp3) is 0.714. The maximum Gasteiger partial charge on any atom is 0.0979 e. The van der Waals surface area contributed by atoms with Gasteiger partial charge in [-0.05, 0) is 18.4 Å². The van der Waals surface area contributed by atoms with E-state index in [9.17, 15) is 0 Å². The summed E-state index contributed by atoms with van der Waals surface area (Å²) in [5, 5.41) is 3.11. The molecule has 9 heavy (non-hydrogen) atoms. The van der Waals surface area contributed by atoms with Crippen LogP contribution in [-0.2, 0) is 4.74 Å². The lowest BCUT2D eigenvalue weighted by Crippen LogP contribution is -2.36. The minimum Gasteiger partial charge on any atom is -0.355 e. The number of ether oxygens (including phenoxy) is 1. The highest BCUT2D eigenvalue weighted by Gasteiger charge is 2.47. The SMILES string of the molecule is C=C1CNCOC12CC2. The van der Waals surface area contributed by atoms with Gasteiger partial charge in [0.15, 0.2) is 0 Å². The molecule has 2 rings (SSSR count). The van der Waals surface area contributed by atoms with Crippen LogP contribution in [0.4, 0.5) is 0 Å². The summed E-state index contributed by atoms with van der Waals surface area (Å²) in [5.41, 5.74) is 1.36. The van der Waals surface area contributed by atoms with Gasteiger partial charge in [-0.25, -0.2) is 0 Å². The predicted molar refractivity (Wildman–Crippen MR) is 35.1 cm³/mol. The lowest BCUT2D eigenvalue weighted by molar-refractivity contribution is 0.0245. The first-order chi connectivity index (χ1) is 4.33. The molecule has 2 fully saturated rings. The van der Waals surface area contributed by atoms with Crippen LogP contribution >= 0.6 is 0 Å². The van der Waals surface area contributed by atoms with Gasteiger partial charge < -0.3 is 4.74 Å². The Hall–Kier alpha value is -0.340. The first-order valence-corrected chi connectivity index (χ1v) is 3.36. The van der Waals surface area contributed by atoms with Gasteiger partial charge in [0.05, 0.1) is 12.3 Å². The molecular weight excluding hydrogens is 114 g/mol. The van der Waals surface area contributed by atoms with E-state index in [1.807, 2.05) is 0 Å². The highest BCUT2D eigenvalue weighted by Crippen LogP contribution is 2.45. The Labute approximate surface area is 54.9 Å². The van der Waals surface area contributed by atoms with Crippen molar-refractivity contribution in [3.63, 3.8) is 0 Å². The van der Waals surface area contributed by atoms with Crippen molar-refractivity contribution in [1.82, 2.24) is 5.32 Å². The minimum absolute atomic E-state index is 0.130. The average Bonchev–Trinajstić information content (AvgIpc) is 2.60. The fourth-order valence-electron chi connectivity index (χ4n) is 1.27. The van der Waals surface area contributed by atoms with E-state index in [2.05, 4.69) is 11.9 Å². The summed E-state index contributed by atoms with van der Waals surface area (Å²) in [4.78, 5) is 0. The van der Waals surface area contributed by atoms with Gasteiger partial charge >= 0.3 is 0 Å². The normalized spacial score (nSPS) is 30.9. The molecule has 50 valence electrons. The maximum atomic E-state index is 5.48. The van der Waals surface area contributed by atoms with Crippen LogP contribution in [0.2, 0.25) is 0 Å². The van der Waals surface area contributed by atoms with Crippen LogP contribution in [-0.4, -0.2) is 18.9 Å². The molecule has 0 unspecified atom stereocenters. The molecule has 1 heterocycles. The van der Waals surface area contributed by atoms with Gasteiger partial charge in [-0.15, -0.1) is 0 Å². The number of hydrogen-bond acceptors (Lipinski definition) is 2. The van der Waals surface area contributed by atoms with Crippen LogP contribution in [0, 0.1) is 0 Å². The Morgan fingerprint density at radius 1 is 1.56 bits per heavy atom. The second-order valence-electron chi connectivity index (χ2n) is 2.81. The second-order valence-corrected chi connectivity index (χ2v) is 2.81. The van der Waals surface area contributed by atoms with Crippen molar-refractivity contribution in [3.8, 4) is 0 Å². The lowest BCUT2D eigenvalue weighted by atomic mass is 10.1. The molecule has 1 saturated carbocycles. The minimum atomic E-state index is 0.130. The topological polar surface area (TPSA) is 21.3 Å². The summed E-state index contributed by atoms with van der Waals surface area (Å²) in [6.45, 7) is 5.59. The number of hydrogen-bond donors (Lipinski definition) is 1. The highest BCUT2D eigenvalue weighted by molar-refractivity contribution is 5.24. The molecule has 2 nitrogen and oxygen atoms in total. The third-order valence-electron chi connectivity index (χ3n) is 2.14. The third-order valence-corrected chi connectivity index (χ3v) is 2.14. The van der Waals surface area contributed by atoms with E-state index >= 15 is 0 Å². The molecule has 0 bridgehead atoms. The molecule has 0 aromatic rings. The van der Waals surface area contributed by atoms with Crippen molar-refractivity contribution in [2.24, 2.45) is 0 Å². The molecule has 1 N–H and O–H groups in total. The van der Waals surface area contributed by atoms with Gasteiger partial charge in [-0.1, -0.05) is 6.58 Å². The van der Waals surface area contributed by atoms with Crippen LogP contribution in [0.15, 0.2) is 12.2 Å². The van der Waals surface area contributed by atoms with Gasteiger partial charge in [0, 0.05) is 6.54 Å². The standard InChI is InChI=1S/C7H11NO/c1-6-4-8-5-9-7(6)2-3-7/h8H,1-5H2. The van der Waals surface area contributed by atoms with E-state index in [0.29, 0.717) is 6.73 Å². The van der Waals surface area contributed by atoms with Gasteiger partial charge in [-0.3, -0.25) is 5.32 Å². The first-order valence-electron chi connectivity index (χ1n) is 3.36. The molecule has 2 heteroatoms. The quantitative estimate of drug-likeness (QED) is 0.480. The van der Waals surface area contributed by atoms with Crippen molar-refractivity contribution in [2.45, 2.75) is 18.4 Å². The largest absolute Gasteiger partial charge is 0.355 e. The Kier molecular flexibility index (Phi) is 0.957. The van der Waals surface area contributed by atoms with Crippen molar-refractivity contribution >= 4 is 0 Å². The fourth-order valence-corrected chi connectivity index (χ4v) is 1.27. The van der Waals surface area contributed by atoms with Crippen LogP contribution in [0.3, 0.4) is 0 Å². The smallest absolute Gasteiger partial charge is 0.0979 e. The van der Waals surface area contributed by atoms with Crippen LogP contribution < -0.4 is 5.32 Å². The number of rotatable bonds is 0. The summed E-state index contributed by atoms with van der Waals surface area (Å²) in [5.74, 6) is 0. The average molecular weight is 125 g/mol. The molecule has 2 aliphatic rings. The summed E-state index contributed by atoms with van der Waals surface area (Å²) >= 11 is 0. The van der Waals surface area contributed by atoms with Crippen molar-refractivity contribution < 1.29 is 4.74 Å². The first kappa shape index (κ1) is 5.45. The highest BCUT2D eigenvalue weighted by atomic mass is 16.5. The Balaban J connectivity index is 2.12. The summed E-state index contributed by atoms with van der Waals surface area (Å²) in [6, 6.07) is 0. The molecular formula is C7H11NO. The summed E-state index contributed by atoms with van der Waals surface area (Å²) in [7, 11) is 0. The third kappa shape index (κ3) is 0.705. The van der Waals surface area contributed by atoms with E-state index in [1.165, 1.54) is 18.4 Å². The monoisotopic (exact) mass is 125 g/mol. The van der Waals surface area contributed by atoms with Gasteiger partial charge in [0.1, 0.15) is 0 Å². The van der Waals surface area contributed by atoms with Crippen molar-refractivity contribution in [2.75, 3.05) is 13.3 Å². The lowest BCUT2D eigenvalue weighted by Gasteiger charge is -2.25. The van der Waals surface area contributed by atoms with Gasteiger partial charge in [0.2, 0.25) is 0 Å². The second kappa shape index (κ2) is 1.58. The molecule has 0 atom stereocenters. The van der Waals surface area contributed by atoms with Gasteiger partial charge in [0.25, 0.3) is 0 Å². The molecule has 0 aromatic carbocycles. The van der Waals surface area contributed by atoms with E-state index in [1.54, 1.807) is 0 Å². The zero-order valence-electron chi connectivity index (χ0n) is 5.44. The molecule has 1 saturated heterocycles. The van der Waals surface area contributed by atoms with Crippen molar-refractivity contribution in [3.05, 3.63) is 12.2 Å². The van der Waals surface area contributed by atoms with Crippen LogP contribution in [0.5, 0.6) is 0 Å². The van der Waals surface area contributed by atoms with E-state index in [0.717, 1.165) is 6.54 Å². The zero-order chi connectivity index (χ0) is 6.32. The predicted octanol–water partition coefficient (Wildman–Crippen LogP) is 0.652. The molecule has 1 spiro atoms. The Morgan fingerprint density at radius 2 is 2.33 bits per heavy atom. The molecule has 1 aliphatic heterocycles. The van der Waals surface area contributed by atoms with E-state index < -0.39 is 0 Å². The Bertz CT molecular complexity index is 149. The number of nitrogens with one attached hydrogen (secondary N) is 1. The zero-order valence-corrected chi connectivity index (χ0v) is 5.44. The van der Waals surface area contributed by atoms with Crippen molar-refractivity contribution in [1.29, 1.82) is 0 Å². The van der Waals surface area contributed by atoms with E-state index in [4.69, 9.17) is 4.74 Å². The Morgan fingerprint density at radius 3 is 2.78 bits per heavy atom. The van der Waals surface area contributed by atoms with Crippen LogP contribution in [0.1, 0.15) is 12.8 Å².